The lowest BCUT2D eigenvalue weighted by Crippen LogP contribution is -2.49. The van der Waals surface area contributed by atoms with E-state index in [1.807, 2.05) is 19.9 Å². The molecule has 1 saturated heterocycles. The summed E-state index contributed by atoms with van der Waals surface area (Å²) in [5.74, 6) is 0.132. The van der Waals surface area contributed by atoms with Crippen molar-refractivity contribution >= 4 is 5.91 Å². The molecule has 0 radical (unpaired) electrons. The summed E-state index contributed by atoms with van der Waals surface area (Å²) in [5.41, 5.74) is 0. The fraction of sp³-hybridized carbons (Fsp3) is 0.750. The minimum Gasteiger partial charge on any atom is -0.353 e. The van der Waals surface area contributed by atoms with Crippen molar-refractivity contribution in [3.05, 3.63) is 12.7 Å². The second kappa shape index (κ2) is 6.66. The summed E-state index contributed by atoms with van der Waals surface area (Å²) in [7, 11) is 0. The van der Waals surface area contributed by atoms with Gasteiger partial charge in [-0.25, -0.2) is 0 Å². The molecule has 4 heteroatoms. The molecule has 0 aromatic heterocycles. The predicted molar refractivity (Wildman–Crippen MR) is 66.4 cm³/mol. The van der Waals surface area contributed by atoms with Crippen molar-refractivity contribution in [2.24, 2.45) is 0 Å². The summed E-state index contributed by atoms with van der Waals surface area (Å²) in [4.78, 5) is 16.1. The van der Waals surface area contributed by atoms with Crippen LogP contribution in [0.25, 0.3) is 0 Å². The van der Waals surface area contributed by atoms with Gasteiger partial charge in [0.1, 0.15) is 0 Å². The number of carbonyl (C=O) groups is 1. The third kappa shape index (κ3) is 4.77. The first-order chi connectivity index (χ1) is 7.61. The van der Waals surface area contributed by atoms with Crippen molar-refractivity contribution in [3.63, 3.8) is 0 Å². The maximum Gasteiger partial charge on any atom is 0.234 e. The predicted octanol–water partition coefficient (Wildman–Crippen LogP) is 0.315. The normalized spacial score (nSPS) is 18.7. The zero-order valence-electron chi connectivity index (χ0n) is 10.4. The van der Waals surface area contributed by atoms with E-state index in [0.29, 0.717) is 6.54 Å². The van der Waals surface area contributed by atoms with Crippen molar-refractivity contribution in [1.29, 1.82) is 0 Å². The van der Waals surface area contributed by atoms with Crippen LogP contribution in [0.15, 0.2) is 12.7 Å². The Bertz CT molecular complexity index is 232. The van der Waals surface area contributed by atoms with Gasteiger partial charge in [0.15, 0.2) is 0 Å². The number of nitrogens with one attached hydrogen (secondary N) is 1. The number of carbonyl (C=O) groups excluding carboxylic acids is 1. The van der Waals surface area contributed by atoms with Crippen LogP contribution in [-0.2, 0) is 4.79 Å². The van der Waals surface area contributed by atoms with Crippen LogP contribution in [0.3, 0.4) is 0 Å². The van der Waals surface area contributed by atoms with Crippen LogP contribution in [0.2, 0.25) is 0 Å². The van der Waals surface area contributed by atoms with Gasteiger partial charge in [-0.05, 0) is 13.8 Å². The highest BCUT2D eigenvalue weighted by molar-refractivity contribution is 5.78. The first-order valence-electron chi connectivity index (χ1n) is 5.96. The molecule has 16 heavy (non-hydrogen) atoms. The molecule has 1 rings (SSSR count). The number of nitrogens with zero attached hydrogens (tertiary/aromatic N) is 2. The van der Waals surface area contributed by atoms with Gasteiger partial charge in [0.05, 0.1) is 6.54 Å². The number of piperazine rings is 1. The molecule has 0 aliphatic carbocycles. The van der Waals surface area contributed by atoms with E-state index in [1.165, 1.54) is 0 Å². The second-order valence-electron chi connectivity index (χ2n) is 4.59. The number of amides is 1. The first-order valence-corrected chi connectivity index (χ1v) is 5.96. The van der Waals surface area contributed by atoms with E-state index < -0.39 is 0 Å². The first kappa shape index (κ1) is 13.2. The van der Waals surface area contributed by atoms with Crippen LogP contribution in [0.5, 0.6) is 0 Å². The lowest BCUT2D eigenvalue weighted by Gasteiger charge is -2.33. The van der Waals surface area contributed by atoms with Crippen LogP contribution in [0.4, 0.5) is 0 Å². The van der Waals surface area contributed by atoms with Crippen molar-refractivity contribution < 1.29 is 4.79 Å². The number of rotatable bonds is 5. The Balaban J connectivity index is 2.21. The van der Waals surface area contributed by atoms with Crippen molar-refractivity contribution in [3.8, 4) is 0 Å². The molecule has 1 aliphatic rings. The fourth-order valence-electron chi connectivity index (χ4n) is 1.88. The molecule has 1 fully saturated rings. The topological polar surface area (TPSA) is 35.6 Å². The van der Waals surface area contributed by atoms with Gasteiger partial charge in [-0.1, -0.05) is 6.08 Å². The Hall–Kier alpha value is -0.870. The standard InChI is InChI=1S/C12H23N3O/c1-4-5-14-6-8-15(9-7-14)10-12(16)13-11(2)3/h4,11H,1,5-10H2,2-3H3,(H,13,16). The zero-order chi connectivity index (χ0) is 12.0. The average molecular weight is 225 g/mol. The van der Waals surface area contributed by atoms with Crippen LogP contribution < -0.4 is 5.32 Å². The molecular formula is C12H23N3O. The molecule has 0 bridgehead atoms. The molecule has 0 atom stereocenters. The molecule has 92 valence electrons. The van der Waals surface area contributed by atoms with E-state index in [0.717, 1.165) is 32.7 Å². The number of hydrogen-bond donors (Lipinski definition) is 1. The third-order valence-corrected chi connectivity index (χ3v) is 2.67. The summed E-state index contributed by atoms with van der Waals surface area (Å²) in [6.45, 7) is 13.2. The Labute approximate surface area is 98.3 Å². The van der Waals surface area contributed by atoms with Crippen molar-refractivity contribution in [2.45, 2.75) is 19.9 Å². The fourth-order valence-corrected chi connectivity index (χ4v) is 1.88. The van der Waals surface area contributed by atoms with E-state index in [2.05, 4.69) is 21.7 Å². The molecular weight excluding hydrogens is 202 g/mol. The van der Waals surface area contributed by atoms with E-state index in [-0.39, 0.29) is 11.9 Å². The van der Waals surface area contributed by atoms with E-state index in [4.69, 9.17) is 0 Å². The van der Waals surface area contributed by atoms with Gasteiger partial charge in [-0.15, -0.1) is 6.58 Å². The molecule has 0 aromatic carbocycles. The third-order valence-electron chi connectivity index (χ3n) is 2.67. The van der Waals surface area contributed by atoms with Gasteiger partial charge < -0.3 is 5.32 Å². The molecule has 1 amide bonds. The largest absolute Gasteiger partial charge is 0.353 e. The quantitative estimate of drug-likeness (QED) is 0.684. The summed E-state index contributed by atoms with van der Waals surface area (Å²) in [6, 6.07) is 0.231. The monoisotopic (exact) mass is 225 g/mol. The highest BCUT2D eigenvalue weighted by atomic mass is 16.2. The Morgan fingerprint density at radius 1 is 1.31 bits per heavy atom. The van der Waals surface area contributed by atoms with Crippen LogP contribution in [0, 0.1) is 0 Å². The molecule has 1 aliphatic heterocycles. The van der Waals surface area contributed by atoms with Gasteiger partial charge in [0.25, 0.3) is 0 Å². The lowest BCUT2D eigenvalue weighted by molar-refractivity contribution is -0.123. The highest BCUT2D eigenvalue weighted by Crippen LogP contribution is 2.00. The van der Waals surface area contributed by atoms with Gasteiger partial charge in [-0.3, -0.25) is 14.6 Å². The molecule has 0 aromatic rings. The van der Waals surface area contributed by atoms with Crippen molar-refractivity contribution in [2.75, 3.05) is 39.3 Å². The SMILES string of the molecule is C=CCN1CCN(CC(=O)NC(C)C)CC1. The average Bonchev–Trinajstić information content (AvgIpc) is 2.20. The Kier molecular flexibility index (Phi) is 5.49. The minimum atomic E-state index is 0.132. The van der Waals surface area contributed by atoms with E-state index in [9.17, 15) is 4.79 Å². The maximum absolute atomic E-state index is 11.5. The molecule has 4 nitrogen and oxygen atoms in total. The summed E-state index contributed by atoms with van der Waals surface area (Å²) < 4.78 is 0. The molecule has 1 heterocycles. The van der Waals surface area contributed by atoms with Gasteiger partial charge >= 0.3 is 0 Å². The summed E-state index contributed by atoms with van der Waals surface area (Å²) in [5, 5.41) is 2.92. The smallest absolute Gasteiger partial charge is 0.234 e. The summed E-state index contributed by atoms with van der Waals surface area (Å²) >= 11 is 0. The van der Waals surface area contributed by atoms with Crippen LogP contribution >= 0.6 is 0 Å². The Morgan fingerprint density at radius 2 is 1.88 bits per heavy atom. The van der Waals surface area contributed by atoms with Crippen molar-refractivity contribution in [1.82, 2.24) is 15.1 Å². The van der Waals surface area contributed by atoms with E-state index in [1.54, 1.807) is 0 Å². The highest BCUT2D eigenvalue weighted by Gasteiger charge is 2.17. The zero-order valence-corrected chi connectivity index (χ0v) is 10.4. The van der Waals surface area contributed by atoms with Crippen LogP contribution in [-0.4, -0.2) is 61.0 Å². The maximum atomic E-state index is 11.5. The summed E-state index contributed by atoms with van der Waals surface area (Å²) in [6.07, 6.45) is 1.93. The minimum absolute atomic E-state index is 0.132. The second-order valence-corrected chi connectivity index (χ2v) is 4.59. The lowest BCUT2D eigenvalue weighted by atomic mass is 10.3. The molecule has 1 N–H and O–H groups in total. The molecule has 0 unspecified atom stereocenters. The Morgan fingerprint density at radius 3 is 2.38 bits per heavy atom. The van der Waals surface area contributed by atoms with Gasteiger partial charge in [0, 0.05) is 38.8 Å². The number of hydrogen-bond acceptors (Lipinski definition) is 3. The molecule has 0 spiro atoms. The molecule has 0 saturated carbocycles. The van der Waals surface area contributed by atoms with Crippen LogP contribution in [0.1, 0.15) is 13.8 Å². The van der Waals surface area contributed by atoms with Gasteiger partial charge in [0.2, 0.25) is 5.91 Å². The van der Waals surface area contributed by atoms with Gasteiger partial charge in [-0.2, -0.15) is 0 Å². The van der Waals surface area contributed by atoms with E-state index >= 15 is 0 Å².